The smallest absolute Gasteiger partial charge is 0.0348 e. The predicted octanol–water partition coefficient (Wildman–Crippen LogP) is 3.20. The van der Waals surface area contributed by atoms with Crippen LogP contribution in [0.5, 0.6) is 0 Å². The number of rotatable bonds is 6. The Morgan fingerprint density at radius 2 is 1.76 bits per heavy atom. The Kier molecular flexibility index (Phi) is 8.05. The van der Waals surface area contributed by atoms with Gasteiger partial charge in [-0.2, -0.15) is 0 Å². The molecular weight excluding hydrogens is 258 g/mol. The molecule has 3 nitrogen and oxygen atoms in total. The number of hydrogen-bond acceptors (Lipinski definition) is 3. The molecule has 122 valence electrons. The van der Waals surface area contributed by atoms with Gasteiger partial charge in [0.25, 0.3) is 0 Å². The van der Waals surface area contributed by atoms with Gasteiger partial charge in [-0.3, -0.25) is 4.90 Å². The molecule has 0 atom stereocenters. The average Bonchev–Trinajstić information content (AvgIpc) is 2.46. The van der Waals surface area contributed by atoms with Crippen LogP contribution in [0.25, 0.3) is 0 Å². The molecule has 3 heteroatoms. The van der Waals surface area contributed by atoms with Gasteiger partial charge in [-0.05, 0) is 39.4 Å². The third kappa shape index (κ3) is 5.48. The van der Waals surface area contributed by atoms with Crippen LogP contribution in [0.15, 0.2) is 23.4 Å². The topological polar surface area (TPSA) is 9.72 Å². The Hall–Kier alpha value is -0.800. The summed E-state index contributed by atoms with van der Waals surface area (Å²) in [4.78, 5) is 7.45. The van der Waals surface area contributed by atoms with Gasteiger partial charge in [0, 0.05) is 45.0 Å². The van der Waals surface area contributed by atoms with E-state index in [0.717, 1.165) is 12.6 Å². The van der Waals surface area contributed by atoms with E-state index in [1.807, 2.05) is 13.8 Å². The van der Waals surface area contributed by atoms with E-state index in [9.17, 15) is 0 Å². The van der Waals surface area contributed by atoms with Crippen LogP contribution in [0.2, 0.25) is 0 Å². The van der Waals surface area contributed by atoms with E-state index in [1.54, 1.807) is 0 Å². The van der Waals surface area contributed by atoms with Crippen molar-refractivity contribution in [3.05, 3.63) is 23.4 Å². The standard InChI is InChI=1S/C16H29N3.C2H6/c1-5-19-12-16(13-19)18(4)11-10-17(3)15-8-6-14(2)7-9-15;1-2/h6,8,16H,5,7,9-13H2,1-4H3;1-2H3. The van der Waals surface area contributed by atoms with E-state index in [0.29, 0.717) is 0 Å². The van der Waals surface area contributed by atoms with Gasteiger partial charge >= 0.3 is 0 Å². The lowest BCUT2D eigenvalue weighted by Crippen LogP contribution is -2.58. The minimum atomic E-state index is 0.774. The molecule has 0 saturated carbocycles. The van der Waals surface area contributed by atoms with E-state index in [2.05, 4.69) is 54.8 Å². The summed E-state index contributed by atoms with van der Waals surface area (Å²) >= 11 is 0. The fourth-order valence-electron chi connectivity index (χ4n) is 2.76. The molecule has 1 aliphatic carbocycles. The van der Waals surface area contributed by atoms with Gasteiger partial charge in [-0.15, -0.1) is 0 Å². The monoisotopic (exact) mass is 293 g/mol. The molecule has 1 saturated heterocycles. The second-order valence-electron chi connectivity index (χ2n) is 6.08. The summed E-state index contributed by atoms with van der Waals surface area (Å²) in [5, 5.41) is 0. The van der Waals surface area contributed by atoms with E-state index in [4.69, 9.17) is 0 Å². The lowest BCUT2D eigenvalue weighted by molar-refractivity contribution is 0.0507. The molecule has 1 fully saturated rings. The van der Waals surface area contributed by atoms with Gasteiger partial charge in [0.05, 0.1) is 0 Å². The molecule has 0 aromatic carbocycles. The quantitative estimate of drug-likeness (QED) is 0.744. The van der Waals surface area contributed by atoms with E-state index in [1.165, 1.54) is 50.3 Å². The molecule has 0 bridgehead atoms. The normalized spacial score (nSPS) is 19.4. The summed E-state index contributed by atoms with van der Waals surface area (Å²) < 4.78 is 0. The lowest BCUT2D eigenvalue weighted by Gasteiger charge is -2.44. The number of nitrogens with zero attached hydrogens (tertiary/aromatic N) is 3. The second kappa shape index (κ2) is 9.26. The van der Waals surface area contributed by atoms with Gasteiger partial charge in [-0.1, -0.05) is 32.4 Å². The molecule has 0 aromatic rings. The van der Waals surface area contributed by atoms with Crippen molar-refractivity contribution in [3.8, 4) is 0 Å². The molecular formula is C18H35N3. The third-order valence-electron chi connectivity index (χ3n) is 4.62. The Bertz CT molecular complexity index is 353. The van der Waals surface area contributed by atoms with E-state index in [-0.39, 0.29) is 0 Å². The zero-order valence-corrected chi connectivity index (χ0v) is 15.0. The first-order valence-corrected chi connectivity index (χ1v) is 8.60. The van der Waals surface area contributed by atoms with Crippen molar-refractivity contribution in [2.24, 2.45) is 0 Å². The fourth-order valence-corrected chi connectivity index (χ4v) is 2.76. The van der Waals surface area contributed by atoms with Crippen LogP contribution in [0.1, 0.15) is 40.5 Å². The van der Waals surface area contributed by atoms with Crippen molar-refractivity contribution >= 4 is 0 Å². The number of allylic oxidation sites excluding steroid dienone is 4. The second-order valence-corrected chi connectivity index (χ2v) is 6.08. The van der Waals surface area contributed by atoms with Crippen LogP contribution in [-0.4, -0.2) is 67.6 Å². The highest BCUT2D eigenvalue weighted by atomic mass is 15.3. The van der Waals surface area contributed by atoms with Crippen molar-refractivity contribution in [3.63, 3.8) is 0 Å². The van der Waals surface area contributed by atoms with Crippen LogP contribution < -0.4 is 0 Å². The highest BCUT2D eigenvalue weighted by Crippen LogP contribution is 2.20. The molecule has 1 heterocycles. The fraction of sp³-hybridized carbons (Fsp3) is 0.778. The van der Waals surface area contributed by atoms with Gasteiger partial charge < -0.3 is 9.80 Å². The van der Waals surface area contributed by atoms with Crippen LogP contribution in [0.3, 0.4) is 0 Å². The summed E-state index contributed by atoms with van der Waals surface area (Å²) in [6.07, 6.45) is 6.99. The minimum Gasteiger partial charge on any atom is -0.377 e. The van der Waals surface area contributed by atoms with Crippen molar-refractivity contribution < 1.29 is 0 Å². The predicted molar refractivity (Wildman–Crippen MR) is 93.6 cm³/mol. The molecule has 0 N–H and O–H groups in total. The molecule has 2 rings (SSSR count). The summed E-state index contributed by atoms with van der Waals surface area (Å²) in [7, 11) is 4.50. The first-order valence-electron chi connectivity index (χ1n) is 8.60. The SMILES string of the molecule is CC.CCN1CC(N(C)CCN(C)C2=CC=C(C)CC2)C1. The number of hydrogen-bond donors (Lipinski definition) is 0. The summed E-state index contributed by atoms with van der Waals surface area (Å²) in [6.45, 7) is 14.5. The largest absolute Gasteiger partial charge is 0.377 e. The molecule has 0 unspecified atom stereocenters. The van der Waals surface area contributed by atoms with Crippen molar-refractivity contribution in [2.75, 3.05) is 46.8 Å². The molecule has 21 heavy (non-hydrogen) atoms. The van der Waals surface area contributed by atoms with Crippen LogP contribution in [-0.2, 0) is 0 Å². The maximum Gasteiger partial charge on any atom is 0.0348 e. The number of likely N-dealkylation sites (N-methyl/N-ethyl adjacent to an activating group) is 3. The minimum absolute atomic E-state index is 0.774. The van der Waals surface area contributed by atoms with Crippen molar-refractivity contribution in [1.29, 1.82) is 0 Å². The Balaban J connectivity index is 0.00000106. The Labute approximate surface area is 132 Å². The average molecular weight is 293 g/mol. The Morgan fingerprint density at radius 1 is 1.10 bits per heavy atom. The molecule has 0 radical (unpaired) electrons. The molecule has 1 aliphatic heterocycles. The Morgan fingerprint density at radius 3 is 2.29 bits per heavy atom. The molecule has 2 aliphatic rings. The summed E-state index contributed by atoms with van der Waals surface area (Å²) in [6, 6.07) is 0.774. The first-order chi connectivity index (χ1) is 10.1. The maximum atomic E-state index is 2.52. The van der Waals surface area contributed by atoms with Crippen molar-refractivity contribution in [2.45, 2.75) is 46.6 Å². The zero-order chi connectivity index (χ0) is 15.8. The summed E-state index contributed by atoms with van der Waals surface area (Å²) in [5.41, 5.74) is 2.99. The van der Waals surface area contributed by atoms with Crippen molar-refractivity contribution in [1.82, 2.24) is 14.7 Å². The maximum absolute atomic E-state index is 2.52. The molecule has 0 spiro atoms. The number of likely N-dealkylation sites (tertiary alicyclic amines) is 1. The highest BCUT2D eigenvalue weighted by molar-refractivity contribution is 5.21. The van der Waals surface area contributed by atoms with Gasteiger partial charge in [0.15, 0.2) is 0 Å². The third-order valence-corrected chi connectivity index (χ3v) is 4.62. The van der Waals surface area contributed by atoms with Crippen LogP contribution in [0, 0.1) is 0 Å². The van der Waals surface area contributed by atoms with E-state index >= 15 is 0 Å². The molecule has 0 aromatic heterocycles. The zero-order valence-electron chi connectivity index (χ0n) is 15.0. The molecule has 0 amide bonds. The lowest BCUT2D eigenvalue weighted by atomic mass is 10.0. The summed E-state index contributed by atoms with van der Waals surface area (Å²) in [5.74, 6) is 0. The van der Waals surface area contributed by atoms with Gasteiger partial charge in [0.1, 0.15) is 0 Å². The van der Waals surface area contributed by atoms with Gasteiger partial charge in [0.2, 0.25) is 0 Å². The first kappa shape index (κ1) is 18.2. The highest BCUT2D eigenvalue weighted by Gasteiger charge is 2.28. The van der Waals surface area contributed by atoms with Gasteiger partial charge in [-0.25, -0.2) is 0 Å². The van der Waals surface area contributed by atoms with E-state index < -0.39 is 0 Å². The van der Waals surface area contributed by atoms with Crippen LogP contribution in [0.4, 0.5) is 0 Å². The van der Waals surface area contributed by atoms with Crippen LogP contribution >= 0.6 is 0 Å².